The van der Waals surface area contributed by atoms with Crippen molar-refractivity contribution < 1.29 is 24.5 Å². The summed E-state index contributed by atoms with van der Waals surface area (Å²) < 4.78 is 12.9. The standard InChI is InChI=1S/C8H8FNO4/c9-5-3-10-2-1-4(5)6(11)7(12)8(13)14/h1-3,6-7,11-12H,(H,13,14). The monoisotopic (exact) mass is 201 g/mol. The highest BCUT2D eigenvalue weighted by Gasteiger charge is 2.27. The van der Waals surface area contributed by atoms with Crippen LogP contribution in [0.3, 0.4) is 0 Å². The first-order valence-electron chi connectivity index (χ1n) is 3.72. The molecule has 76 valence electrons. The van der Waals surface area contributed by atoms with Crippen LogP contribution >= 0.6 is 0 Å². The molecule has 6 heteroatoms. The summed E-state index contributed by atoms with van der Waals surface area (Å²) in [5, 5.41) is 26.5. The van der Waals surface area contributed by atoms with E-state index in [9.17, 15) is 14.3 Å². The van der Waals surface area contributed by atoms with Crippen LogP contribution in [0.15, 0.2) is 18.5 Å². The highest BCUT2D eigenvalue weighted by Crippen LogP contribution is 2.19. The van der Waals surface area contributed by atoms with E-state index in [2.05, 4.69) is 4.98 Å². The minimum Gasteiger partial charge on any atom is -0.479 e. The summed E-state index contributed by atoms with van der Waals surface area (Å²) >= 11 is 0. The van der Waals surface area contributed by atoms with Crippen LogP contribution < -0.4 is 0 Å². The predicted molar refractivity (Wildman–Crippen MR) is 42.8 cm³/mol. The van der Waals surface area contributed by atoms with Gasteiger partial charge in [-0.3, -0.25) is 4.98 Å². The van der Waals surface area contributed by atoms with Gasteiger partial charge in [-0.15, -0.1) is 0 Å². The van der Waals surface area contributed by atoms with Crippen LogP contribution in [-0.4, -0.2) is 32.4 Å². The summed E-state index contributed by atoms with van der Waals surface area (Å²) in [7, 11) is 0. The molecule has 2 atom stereocenters. The zero-order chi connectivity index (χ0) is 10.7. The number of halogens is 1. The molecule has 3 N–H and O–H groups in total. The van der Waals surface area contributed by atoms with E-state index in [1.807, 2.05) is 0 Å². The fraction of sp³-hybridized carbons (Fsp3) is 0.250. The second kappa shape index (κ2) is 4.12. The average Bonchev–Trinajstić information content (AvgIpc) is 2.16. The van der Waals surface area contributed by atoms with Crippen LogP contribution in [0.4, 0.5) is 4.39 Å². The molecule has 1 aromatic rings. The van der Waals surface area contributed by atoms with Gasteiger partial charge in [0.15, 0.2) is 6.10 Å². The number of rotatable bonds is 3. The second-order valence-electron chi connectivity index (χ2n) is 2.63. The molecule has 0 saturated carbocycles. The minimum absolute atomic E-state index is 0.296. The first kappa shape index (κ1) is 10.6. The lowest BCUT2D eigenvalue weighted by atomic mass is 10.1. The van der Waals surface area contributed by atoms with Crippen LogP contribution in [0.25, 0.3) is 0 Å². The van der Waals surface area contributed by atoms with Crippen LogP contribution in [-0.2, 0) is 4.79 Å². The van der Waals surface area contributed by atoms with Gasteiger partial charge in [0.2, 0.25) is 0 Å². The van der Waals surface area contributed by atoms with Crippen molar-refractivity contribution in [1.82, 2.24) is 4.98 Å². The number of aromatic nitrogens is 1. The number of hydrogen-bond donors (Lipinski definition) is 3. The summed E-state index contributed by atoms with van der Waals surface area (Å²) in [5.74, 6) is -2.48. The molecule has 0 aliphatic carbocycles. The molecular weight excluding hydrogens is 193 g/mol. The Labute approximate surface area is 78.5 Å². The molecule has 0 radical (unpaired) electrons. The maximum atomic E-state index is 12.9. The van der Waals surface area contributed by atoms with Gasteiger partial charge in [-0.25, -0.2) is 9.18 Å². The molecule has 1 aromatic heterocycles. The molecule has 0 aliphatic rings. The first-order valence-corrected chi connectivity index (χ1v) is 3.72. The van der Waals surface area contributed by atoms with Gasteiger partial charge in [-0.1, -0.05) is 0 Å². The number of carbonyl (C=O) groups is 1. The van der Waals surface area contributed by atoms with Gasteiger partial charge < -0.3 is 15.3 Å². The Morgan fingerprint density at radius 2 is 2.14 bits per heavy atom. The number of pyridine rings is 1. The molecule has 0 aliphatic heterocycles. The number of carboxylic acid groups (broad SMARTS) is 1. The molecule has 14 heavy (non-hydrogen) atoms. The molecule has 0 saturated heterocycles. The third-order valence-corrected chi connectivity index (χ3v) is 1.67. The second-order valence-corrected chi connectivity index (χ2v) is 2.63. The molecule has 0 amide bonds. The third kappa shape index (κ3) is 2.04. The summed E-state index contributed by atoms with van der Waals surface area (Å²) in [6.45, 7) is 0. The van der Waals surface area contributed by atoms with Crippen LogP contribution in [0.1, 0.15) is 11.7 Å². The van der Waals surface area contributed by atoms with Crippen molar-refractivity contribution in [3.63, 3.8) is 0 Å². The van der Waals surface area contributed by atoms with Crippen molar-refractivity contribution in [3.8, 4) is 0 Å². The van der Waals surface area contributed by atoms with E-state index in [1.165, 1.54) is 6.20 Å². The molecule has 5 nitrogen and oxygen atoms in total. The number of aliphatic hydroxyl groups excluding tert-OH is 2. The highest BCUT2D eigenvalue weighted by atomic mass is 19.1. The minimum atomic E-state index is -2.05. The average molecular weight is 201 g/mol. The van der Waals surface area contributed by atoms with Crippen molar-refractivity contribution in [3.05, 3.63) is 29.8 Å². The van der Waals surface area contributed by atoms with Gasteiger partial charge >= 0.3 is 5.97 Å². The van der Waals surface area contributed by atoms with Gasteiger partial charge in [0.05, 0.1) is 6.20 Å². The quantitative estimate of drug-likeness (QED) is 0.624. The molecule has 0 fully saturated rings. The fourth-order valence-corrected chi connectivity index (χ4v) is 0.931. The molecule has 2 unspecified atom stereocenters. The predicted octanol–water partition coefficient (Wildman–Crippen LogP) is -0.300. The topological polar surface area (TPSA) is 90.7 Å². The Hall–Kier alpha value is -1.53. The zero-order valence-corrected chi connectivity index (χ0v) is 6.96. The van der Waals surface area contributed by atoms with Crippen LogP contribution in [0.2, 0.25) is 0 Å². The largest absolute Gasteiger partial charge is 0.479 e. The third-order valence-electron chi connectivity index (χ3n) is 1.67. The Morgan fingerprint density at radius 1 is 1.50 bits per heavy atom. The van der Waals surface area contributed by atoms with E-state index in [0.717, 1.165) is 12.3 Å². The molecule has 1 heterocycles. The SMILES string of the molecule is O=C(O)C(O)C(O)c1ccncc1F. The molecular formula is C8H8FNO4. The lowest BCUT2D eigenvalue weighted by Gasteiger charge is -2.14. The Morgan fingerprint density at radius 3 is 2.64 bits per heavy atom. The number of aliphatic carboxylic acids is 1. The van der Waals surface area contributed by atoms with Crippen molar-refractivity contribution >= 4 is 5.97 Å². The number of nitrogens with zero attached hydrogens (tertiary/aromatic N) is 1. The number of carboxylic acids is 1. The maximum Gasteiger partial charge on any atom is 0.335 e. The van der Waals surface area contributed by atoms with Gasteiger partial charge in [0.25, 0.3) is 0 Å². The maximum absolute atomic E-state index is 12.9. The molecule has 0 bridgehead atoms. The Bertz CT molecular complexity index is 344. The lowest BCUT2D eigenvalue weighted by Crippen LogP contribution is -2.28. The fourth-order valence-electron chi connectivity index (χ4n) is 0.931. The number of hydrogen-bond acceptors (Lipinski definition) is 4. The van der Waals surface area contributed by atoms with E-state index in [0.29, 0.717) is 0 Å². The lowest BCUT2D eigenvalue weighted by molar-refractivity contribution is -0.153. The van der Waals surface area contributed by atoms with Gasteiger partial charge in [0, 0.05) is 11.8 Å². The van der Waals surface area contributed by atoms with Crippen molar-refractivity contribution in [1.29, 1.82) is 0 Å². The van der Waals surface area contributed by atoms with Crippen LogP contribution in [0, 0.1) is 5.82 Å². The zero-order valence-electron chi connectivity index (χ0n) is 6.96. The van der Waals surface area contributed by atoms with Crippen LogP contribution in [0.5, 0.6) is 0 Å². The number of aliphatic hydroxyl groups is 2. The smallest absolute Gasteiger partial charge is 0.335 e. The summed E-state index contributed by atoms with van der Waals surface area (Å²) in [5.41, 5.74) is -0.296. The Balaban J connectivity index is 2.94. The van der Waals surface area contributed by atoms with Gasteiger partial charge in [-0.05, 0) is 6.07 Å². The molecule has 0 aromatic carbocycles. The summed E-state index contributed by atoms with van der Waals surface area (Å²) in [4.78, 5) is 13.7. The van der Waals surface area contributed by atoms with E-state index in [-0.39, 0.29) is 5.56 Å². The van der Waals surface area contributed by atoms with Crippen molar-refractivity contribution in [2.45, 2.75) is 12.2 Å². The Kier molecular flexibility index (Phi) is 3.10. The first-order chi connectivity index (χ1) is 6.54. The van der Waals surface area contributed by atoms with Gasteiger partial charge in [-0.2, -0.15) is 0 Å². The van der Waals surface area contributed by atoms with Crippen molar-refractivity contribution in [2.75, 3.05) is 0 Å². The summed E-state index contributed by atoms with van der Waals surface area (Å²) in [6.07, 6.45) is -1.83. The van der Waals surface area contributed by atoms with Crippen molar-refractivity contribution in [2.24, 2.45) is 0 Å². The van der Waals surface area contributed by atoms with Gasteiger partial charge in [0.1, 0.15) is 11.9 Å². The van der Waals surface area contributed by atoms with E-state index < -0.39 is 24.0 Å². The summed E-state index contributed by atoms with van der Waals surface area (Å²) in [6, 6.07) is 1.10. The normalized spacial score (nSPS) is 14.8. The highest BCUT2D eigenvalue weighted by molar-refractivity contribution is 5.73. The van der Waals surface area contributed by atoms with E-state index >= 15 is 0 Å². The molecule has 0 spiro atoms. The molecule has 1 rings (SSSR count). The van der Waals surface area contributed by atoms with E-state index in [4.69, 9.17) is 10.2 Å². The van der Waals surface area contributed by atoms with E-state index in [1.54, 1.807) is 0 Å².